The topological polar surface area (TPSA) is 38.7 Å². The van der Waals surface area contributed by atoms with E-state index in [1.54, 1.807) is 14.2 Å². The number of hydrogen-bond donors (Lipinski definition) is 1. The molecular formula is C19H26O3. The average molecular weight is 302 g/mol. The van der Waals surface area contributed by atoms with Gasteiger partial charge in [0, 0.05) is 10.8 Å². The molecule has 0 aliphatic heterocycles. The van der Waals surface area contributed by atoms with Gasteiger partial charge in [0.15, 0.2) is 0 Å². The third-order valence-electron chi connectivity index (χ3n) is 4.12. The Morgan fingerprint density at radius 3 is 2.23 bits per heavy atom. The minimum atomic E-state index is -0.419. The molecule has 0 aliphatic rings. The Balaban J connectivity index is 2.25. The van der Waals surface area contributed by atoms with Crippen LogP contribution in [0.1, 0.15) is 50.7 Å². The van der Waals surface area contributed by atoms with Crippen LogP contribution in [0.3, 0.4) is 0 Å². The van der Waals surface area contributed by atoms with Gasteiger partial charge >= 0.3 is 0 Å². The standard InChI is InChI=1S/C19H26O3/c1-4-5-6-7-8-17(20)14-9-10-15-16(13-14)19(22-3)12-11-18(15)21-2/h9-13,17,20H,4-8H2,1-3H3. The number of hydrogen-bond acceptors (Lipinski definition) is 3. The van der Waals surface area contributed by atoms with Gasteiger partial charge in [0.25, 0.3) is 0 Å². The Morgan fingerprint density at radius 2 is 1.59 bits per heavy atom. The van der Waals surface area contributed by atoms with Gasteiger partial charge in [-0.2, -0.15) is 0 Å². The monoisotopic (exact) mass is 302 g/mol. The first-order valence-corrected chi connectivity index (χ1v) is 8.04. The summed E-state index contributed by atoms with van der Waals surface area (Å²) in [6.07, 6.45) is 5.06. The summed E-state index contributed by atoms with van der Waals surface area (Å²) >= 11 is 0. The molecule has 0 heterocycles. The Bertz CT molecular complexity index is 607. The van der Waals surface area contributed by atoms with E-state index in [-0.39, 0.29) is 0 Å². The van der Waals surface area contributed by atoms with Gasteiger partial charge < -0.3 is 14.6 Å². The fourth-order valence-corrected chi connectivity index (χ4v) is 2.81. The Kier molecular flexibility index (Phi) is 6.08. The van der Waals surface area contributed by atoms with Crippen LogP contribution in [0, 0.1) is 0 Å². The van der Waals surface area contributed by atoms with Gasteiger partial charge in [0.05, 0.1) is 20.3 Å². The molecule has 2 rings (SSSR count). The molecule has 0 amide bonds. The van der Waals surface area contributed by atoms with Crippen molar-refractivity contribution < 1.29 is 14.6 Å². The van der Waals surface area contributed by atoms with Gasteiger partial charge in [-0.25, -0.2) is 0 Å². The lowest BCUT2D eigenvalue weighted by Crippen LogP contribution is -1.98. The van der Waals surface area contributed by atoms with E-state index in [0.717, 1.165) is 40.7 Å². The minimum absolute atomic E-state index is 0.419. The van der Waals surface area contributed by atoms with E-state index in [2.05, 4.69) is 6.92 Å². The van der Waals surface area contributed by atoms with Crippen molar-refractivity contribution in [3.8, 4) is 11.5 Å². The molecule has 0 fully saturated rings. The summed E-state index contributed by atoms with van der Waals surface area (Å²) in [6.45, 7) is 2.19. The fourth-order valence-electron chi connectivity index (χ4n) is 2.81. The largest absolute Gasteiger partial charge is 0.496 e. The normalized spacial score (nSPS) is 12.4. The van der Waals surface area contributed by atoms with Gasteiger partial charge in [0.2, 0.25) is 0 Å². The summed E-state index contributed by atoms with van der Waals surface area (Å²) in [5, 5.41) is 12.4. The summed E-state index contributed by atoms with van der Waals surface area (Å²) in [7, 11) is 3.33. The van der Waals surface area contributed by atoms with Gasteiger partial charge in [-0.1, -0.05) is 44.7 Å². The Labute approximate surface area is 132 Å². The number of aliphatic hydroxyl groups is 1. The molecule has 0 saturated carbocycles. The van der Waals surface area contributed by atoms with E-state index in [9.17, 15) is 5.11 Å². The van der Waals surface area contributed by atoms with Crippen LogP contribution in [0.2, 0.25) is 0 Å². The second-order valence-corrected chi connectivity index (χ2v) is 5.64. The van der Waals surface area contributed by atoms with Crippen LogP contribution in [0.4, 0.5) is 0 Å². The molecule has 1 unspecified atom stereocenters. The molecule has 0 spiro atoms. The molecule has 0 radical (unpaired) electrons. The number of unbranched alkanes of at least 4 members (excludes halogenated alkanes) is 3. The van der Waals surface area contributed by atoms with Crippen molar-refractivity contribution in [1.82, 2.24) is 0 Å². The number of rotatable bonds is 8. The molecule has 1 N–H and O–H groups in total. The van der Waals surface area contributed by atoms with E-state index in [1.807, 2.05) is 30.3 Å². The van der Waals surface area contributed by atoms with Crippen LogP contribution in [0.15, 0.2) is 30.3 Å². The van der Waals surface area contributed by atoms with Crippen LogP contribution < -0.4 is 9.47 Å². The summed E-state index contributed by atoms with van der Waals surface area (Å²) in [5.74, 6) is 1.62. The van der Waals surface area contributed by atoms with Gasteiger partial charge in [-0.05, 0) is 30.2 Å². The van der Waals surface area contributed by atoms with Crippen LogP contribution in [-0.4, -0.2) is 19.3 Å². The molecule has 2 aromatic carbocycles. The van der Waals surface area contributed by atoms with Crippen LogP contribution >= 0.6 is 0 Å². The van der Waals surface area contributed by atoms with E-state index in [0.29, 0.717) is 0 Å². The number of aliphatic hydroxyl groups excluding tert-OH is 1. The fraction of sp³-hybridized carbons (Fsp3) is 0.474. The molecule has 0 aromatic heterocycles. The summed E-state index contributed by atoms with van der Waals surface area (Å²) in [4.78, 5) is 0. The van der Waals surface area contributed by atoms with Crippen LogP contribution in [-0.2, 0) is 0 Å². The first-order chi connectivity index (χ1) is 10.7. The van der Waals surface area contributed by atoms with Crippen LogP contribution in [0.25, 0.3) is 10.8 Å². The van der Waals surface area contributed by atoms with Gasteiger partial charge in [-0.15, -0.1) is 0 Å². The molecule has 1 atom stereocenters. The molecule has 2 aromatic rings. The second kappa shape index (κ2) is 8.04. The zero-order valence-corrected chi connectivity index (χ0v) is 13.8. The molecular weight excluding hydrogens is 276 g/mol. The molecule has 3 nitrogen and oxygen atoms in total. The molecule has 3 heteroatoms. The zero-order valence-electron chi connectivity index (χ0n) is 13.8. The Morgan fingerprint density at radius 1 is 0.909 bits per heavy atom. The van der Waals surface area contributed by atoms with E-state index < -0.39 is 6.10 Å². The van der Waals surface area contributed by atoms with Crippen molar-refractivity contribution in [3.63, 3.8) is 0 Å². The first kappa shape index (κ1) is 16.6. The predicted octanol–water partition coefficient (Wildman–Crippen LogP) is 4.86. The maximum atomic E-state index is 10.4. The lowest BCUT2D eigenvalue weighted by atomic mass is 9.98. The zero-order chi connectivity index (χ0) is 15.9. The number of fused-ring (bicyclic) bond motifs is 1. The van der Waals surface area contributed by atoms with Crippen molar-refractivity contribution in [3.05, 3.63) is 35.9 Å². The molecule has 0 aliphatic carbocycles. The van der Waals surface area contributed by atoms with Crippen molar-refractivity contribution in [1.29, 1.82) is 0 Å². The maximum Gasteiger partial charge on any atom is 0.126 e. The molecule has 0 saturated heterocycles. The predicted molar refractivity (Wildman–Crippen MR) is 90.8 cm³/mol. The van der Waals surface area contributed by atoms with E-state index >= 15 is 0 Å². The van der Waals surface area contributed by atoms with Crippen molar-refractivity contribution in [2.45, 2.75) is 45.1 Å². The molecule has 120 valence electrons. The number of methoxy groups -OCH3 is 2. The van der Waals surface area contributed by atoms with E-state index in [1.165, 1.54) is 19.3 Å². The van der Waals surface area contributed by atoms with Gasteiger partial charge in [0.1, 0.15) is 11.5 Å². The highest BCUT2D eigenvalue weighted by molar-refractivity contribution is 5.93. The maximum absolute atomic E-state index is 10.4. The first-order valence-electron chi connectivity index (χ1n) is 8.04. The summed E-state index contributed by atoms with van der Waals surface area (Å²) < 4.78 is 10.8. The smallest absolute Gasteiger partial charge is 0.126 e. The highest BCUT2D eigenvalue weighted by Gasteiger charge is 2.12. The highest BCUT2D eigenvalue weighted by atomic mass is 16.5. The lowest BCUT2D eigenvalue weighted by Gasteiger charge is -2.14. The minimum Gasteiger partial charge on any atom is -0.496 e. The third-order valence-corrected chi connectivity index (χ3v) is 4.12. The molecule has 22 heavy (non-hydrogen) atoms. The lowest BCUT2D eigenvalue weighted by molar-refractivity contribution is 0.163. The quantitative estimate of drug-likeness (QED) is 0.708. The Hall–Kier alpha value is -1.74. The van der Waals surface area contributed by atoms with Gasteiger partial charge in [-0.3, -0.25) is 0 Å². The number of ether oxygens (including phenoxy) is 2. The molecule has 0 bridgehead atoms. The average Bonchev–Trinajstić information content (AvgIpc) is 2.57. The summed E-state index contributed by atoms with van der Waals surface area (Å²) in [6, 6.07) is 9.80. The highest BCUT2D eigenvalue weighted by Crippen LogP contribution is 2.35. The van der Waals surface area contributed by atoms with Crippen LogP contribution in [0.5, 0.6) is 11.5 Å². The number of benzene rings is 2. The summed E-state index contributed by atoms with van der Waals surface area (Å²) in [5.41, 5.74) is 0.940. The SMILES string of the molecule is CCCCCCC(O)c1ccc2c(OC)ccc(OC)c2c1. The van der Waals surface area contributed by atoms with Crippen molar-refractivity contribution >= 4 is 10.8 Å². The third kappa shape index (κ3) is 3.72. The second-order valence-electron chi connectivity index (χ2n) is 5.64. The van der Waals surface area contributed by atoms with Crippen molar-refractivity contribution in [2.24, 2.45) is 0 Å². The van der Waals surface area contributed by atoms with E-state index in [4.69, 9.17) is 9.47 Å². The van der Waals surface area contributed by atoms with Crippen molar-refractivity contribution in [2.75, 3.05) is 14.2 Å².